The van der Waals surface area contributed by atoms with Crippen molar-refractivity contribution in [2.75, 3.05) is 18.1 Å². The molecule has 0 aromatic rings. The number of rotatable bonds is 10. The zero-order chi connectivity index (χ0) is 13.6. The van der Waals surface area contributed by atoms with Gasteiger partial charge < -0.3 is 5.32 Å². The number of hydrogen-bond donors (Lipinski definition) is 2. The first kappa shape index (κ1) is 16.3. The lowest BCUT2D eigenvalue weighted by molar-refractivity contribution is 0.537. The smallest absolute Gasteiger partial charge is 0.215 e. The van der Waals surface area contributed by atoms with Gasteiger partial charge in [-0.1, -0.05) is 6.92 Å². The number of hydrogen-bond acceptors (Lipinski definition) is 4. The molecule has 0 saturated heterocycles. The highest BCUT2D eigenvalue weighted by molar-refractivity contribution is 7.99. The Labute approximate surface area is 116 Å². The van der Waals surface area contributed by atoms with Crippen LogP contribution in [0.2, 0.25) is 0 Å². The van der Waals surface area contributed by atoms with Gasteiger partial charge in [0.15, 0.2) is 0 Å². The molecule has 108 valence electrons. The number of sulfonamides is 1. The van der Waals surface area contributed by atoms with Crippen molar-refractivity contribution in [3.63, 3.8) is 0 Å². The molecule has 0 spiro atoms. The zero-order valence-electron chi connectivity index (χ0n) is 11.6. The van der Waals surface area contributed by atoms with Crippen molar-refractivity contribution in [2.24, 2.45) is 0 Å². The fourth-order valence-corrected chi connectivity index (χ4v) is 3.63. The molecule has 1 aliphatic rings. The standard InChI is InChI=1S/C12H26N2O2S2/c1-4-17-8-7-10(2)14-18(15,16)11(3)9-13-12-5-6-12/h10-14H,4-9H2,1-3H3. The lowest BCUT2D eigenvalue weighted by Crippen LogP contribution is -2.43. The summed E-state index contributed by atoms with van der Waals surface area (Å²) >= 11 is 1.85. The van der Waals surface area contributed by atoms with Gasteiger partial charge in [-0.15, -0.1) is 0 Å². The average Bonchev–Trinajstić information content (AvgIpc) is 3.09. The maximum Gasteiger partial charge on any atom is 0.215 e. The van der Waals surface area contributed by atoms with Gasteiger partial charge in [0, 0.05) is 18.6 Å². The molecule has 6 heteroatoms. The molecule has 2 N–H and O–H groups in total. The summed E-state index contributed by atoms with van der Waals surface area (Å²) in [5.41, 5.74) is 0. The van der Waals surface area contributed by atoms with Crippen molar-refractivity contribution in [1.29, 1.82) is 0 Å². The molecule has 2 atom stereocenters. The van der Waals surface area contributed by atoms with E-state index in [1.54, 1.807) is 6.92 Å². The highest BCUT2D eigenvalue weighted by Gasteiger charge is 2.26. The maximum absolute atomic E-state index is 12.0. The Morgan fingerprint density at radius 2 is 2.00 bits per heavy atom. The minimum absolute atomic E-state index is 0.0254. The van der Waals surface area contributed by atoms with Gasteiger partial charge >= 0.3 is 0 Å². The van der Waals surface area contributed by atoms with Crippen LogP contribution in [0.25, 0.3) is 0 Å². The van der Waals surface area contributed by atoms with Crippen LogP contribution in [0.5, 0.6) is 0 Å². The molecular formula is C12H26N2O2S2. The van der Waals surface area contributed by atoms with Crippen LogP contribution in [0.15, 0.2) is 0 Å². The third-order valence-electron chi connectivity index (χ3n) is 3.07. The van der Waals surface area contributed by atoms with Gasteiger partial charge in [0.25, 0.3) is 0 Å². The van der Waals surface area contributed by atoms with E-state index in [0.29, 0.717) is 12.6 Å². The monoisotopic (exact) mass is 294 g/mol. The SMILES string of the molecule is CCSCCC(C)NS(=O)(=O)C(C)CNC1CC1. The fourth-order valence-electron chi connectivity index (χ4n) is 1.59. The van der Waals surface area contributed by atoms with Crippen molar-refractivity contribution in [3.05, 3.63) is 0 Å². The van der Waals surface area contributed by atoms with E-state index in [1.807, 2.05) is 18.7 Å². The number of thioether (sulfide) groups is 1. The third kappa shape index (κ3) is 6.41. The Morgan fingerprint density at radius 3 is 2.56 bits per heavy atom. The van der Waals surface area contributed by atoms with E-state index >= 15 is 0 Å². The van der Waals surface area contributed by atoms with Crippen LogP contribution in [-0.2, 0) is 10.0 Å². The predicted molar refractivity (Wildman–Crippen MR) is 79.6 cm³/mol. The minimum atomic E-state index is -3.19. The van der Waals surface area contributed by atoms with Gasteiger partial charge in [-0.05, 0) is 44.6 Å². The number of nitrogens with one attached hydrogen (secondary N) is 2. The van der Waals surface area contributed by atoms with E-state index in [1.165, 1.54) is 12.8 Å². The van der Waals surface area contributed by atoms with Crippen LogP contribution in [0.1, 0.15) is 40.0 Å². The van der Waals surface area contributed by atoms with E-state index in [9.17, 15) is 8.42 Å². The average molecular weight is 294 g/mol. The molecule has 0 radical (unpaired) electrons. The first-order valence-electron chi connectivity index (χ1n) is 6.78. The minimum Gasteiger partial charge on any atom is -0.313 e. The molecule has 0 amide bonds. The first-order chi connectivity index (χ1) is 8.45. The zero-order valence-corrected chi connectivity index (χ0v) is 13.2. The van der Waals surface area contributed by atoms with Crippen molar-refractivity contribution >= 4 is 21.8 Å². The van der Waals surface area contributed by atoms with Crippen LogP contribution in [0, 0.1) is 0 Å². The van der Waals surface area contributed by atoms with Crippen molar-refractivity contribution in [1.82, 2.24) is 10.0 Å². The van der Waals surface area contributed by atoms with E-state index in [0.717, 1.165) is 17.9 Å². The third-order valence-corrected chi connectivity index (χ3v) is 5.96. The summed E-state index contributed by atoms with van der Waals surface area (Å²) in [6.45, 7) is 6.38. The molecule has 1 saturated carbocycles. The highest BCUT2D eigenvalue weighted by Crippen LogP contribution is 2.18. The maximum atomic E-state index is 12.0. The molecule has 0 aromatic carbocycles. The Hall–Kier alpha value is 0.220. The molecule has 2 unspecified atom stereocenters. The normalized spacial score (nSPS) is 19.7. The Bertz CT molecular complexity index is 329. The Kier molecular flexibility index (Phi) is 6.98. The molecule has 1 rings (SSSR count). The van der Waals surface area contributed by atoms with E-state index in [2.05, 4.69) is 17.0 Å². The topological polar surface area (TPSA) is 58.2 Å². The predicted octanol–water partition coefficient (Wildman–Crippen LogP) is 1.58. The molecule has 0 aromatic heterocycles. The molecule has 0 heterocycles. The molecule has 1 aliphatic carbocycles. The second kappa shape index (κ2) is 7.72. The molecule has 1 fully saturated rings. The Morgan fingerprint density at radius 1 is 1.33 bits per heavy atom. The van der Waals surface area contributed by atoms with Gasteiger partial charge in [0.2, 0.25) is 10.0 Å². The molecule has 4 nitrogen and oxygen atoms in total. The van der Waals surface area contributed by atoms with Crippen LogP contribution in [0.4, 0.5) is 0 Å². The second-order valence-electron chi connectivity index (χ2n) is 5.04. The summed E-state index contributed by atoms with van der Waals surface area (Å²) in [6.07, 6.45) is 3.26. The lowest BCUT2D eigenvalue weighted by Gasteiger charge is -2.18. The quantitative estimate of drug-likeness (QED) is 0.601. The van der Waals surface area contributed by atoms with E-state index < -0.39 is 10.0 Å². The van der Waals surface area contributed by atoms with Gasteiger partial charge in [0.1, 0.15) is 0 Å². The molecular weight excluding hydrogens is 268 g/mol. The first-order valence-corrected chi connectivity index (χ1v) is 9.48. The summed E-state index contributed by atoms with van der Waals surface area (Å²) in [6, 6.07) is 0.582. The largest absolute Gasteiger partial charge is 0.313 e. The van der Waals surface area contributed by atoms with Crippen molar-refractivity contribution in [3.8, 4) is 0 Å². The summed E-state index contributed by atoms with van der Waals surface area (Å²) in [4.78, 5) is 0. The van der Waals surface area contributed by atoms with Crippen LogP contribution >= 0.6 is 11.8 Å². The second-order valence-corrected chi connectivity index (χ2v) is 8.57. The van der Waals surface area contributed by atoms with Gasteiger partial charge in [0.05, 0.1) is 5.25 Å². The molecule has 18 heavy (non-hydrogen) atoms. The van der Waals surface area contributed by atoms with Crippen LogP contribution in [0.3, 0.4) is 0 Å². The fraction of sp³-hybridized carbons (Fsp3) is 1.00. The van der Waals surface area contributed by atoms with E-state index in [-0.39, 0.29) is 11.3 Å². The van der Waals surface area contributed by atoms with Gasteiger partial charge in [-0.2, -0.15) is 11.8 Å². The highest BCUT2D eigenvalue weighted by atomic mass is 32.2. The lowest BCUT2D eigenvalue weighted by atomic mass is 10.3. The Balaban J connectivity index is 2.27. The van der Waals surface area contributed by atoms with Crippen molar-refractivity contribution in [2.45, 2.75) is 57.4 Å². The van der Waals surface area contributed by atoms with Crippen LogP contribution in [-0.4, -0.2) is 43.8 Å². The van der Waals surface area contributed by atoms with Gasteiger partial charge in [-0.3, -0.25) is 0 Å². The van der Waals surface area contributed by atoms with Gasteiger partial charge in [-0.25, -0.2) is 13.1 Å². The summed E-state index contributed by atoms with van der Waals surface area (Å²) in [5.74, 6) is 2.09. The summed E-state index contributed by atoms with van der Waals surface area (Å²) in [7, 11) is -3.19. The van der Waals surface area contributed by atoms with E-state index in [4.69, 9.17) is 0 Å². The molecule has 0 bridgehead atoms. The summed E-state index contributed by atoms with van der Waals surface area (Å²) in [5, 5.41) is 2.90. The van der Waals surface area contributed by atoms with Crippen LogP contribution < -0.4 is 10.0 Å². The molecule has 0 aliphatic heterocycles. The summed E-state index contributed by atoms with van der Waals surface area (Å²) < 4.78 is 26.9. The van der Waals surface area contributed by atoms with Crippen molar-refractivity contribution < 1.29 is 8.42 Å².